The molecule has 1 aromatic rings. The van der Waals surface area contributed by atoms with Crippen molar-refractivity contribution < 1.29 is 4.79 Å². The fourth-order valence-electron chi connectivity index (χ4n) is 1.77. The molecule has 0 fully saturated rings. The van der Waals surface area contributed by atoms with Gasteiger partial charge in [-0.3, -0.25) is 4.79 Å². The number of alkyl halides is 1. The molecule has 0 aliphatic carbocycles. The maximum Gasteiger partial charge on any atom is 0.242 e. The average molecular weight is 254 g/mol. The summed E-state index contributed by atoms with van der Waals surface area (Å²) in [7, 11) is 0. The number of rotatable bonds is 5. The van der Waals surface area contributed by atoms with Gasteiger partial charge in [0.1, 0.15) is 5.38 Å². The summed E-state index contributed by atoms with van der Waals surface area (Å²) in [4.78, 5) is 12.0. The second-order valence-corrected chi connectivity index (χ2v) is 4.98. The molecule has 1 rings (SSSR count). The molecule has 0 aliphatic heterocycles. The van der Waals surface area contributed by atoms with E-state index in [1.54, 1.807) is 0 Å². The molecule has 0 heterocycles. The predicted octanol–water partition coefficient (Wildman–Crippen LogP) is 3.52. The Morgan fingerprint density at radius 3 is 2.35 bits per heavy atom. The molecule has 94 valence electrons. The first-order chi connectivity index (χ1) is 8.06. The Hall–Kier alpha value is -1.02. The first kappa shape index (κ1) is 14.0. The third kappa shape index (κ3) is 4.04. The van der Waals surface area contributed by atoms with Crippen LogP contribution in [0.1, 0.15) is 38.1 Å². The van der Waals surface area contributed by atoms with E-state index < -0.39 is 5.38 Å². The summed E-state index contributed by atoms with van der Waals surface area (Å²) in [5.41, 5.74) is 0.838. The molecule has 1 amide bonds. The molecule has 2 nitrogen and oxygen atoms in total. The van der Waals surface area contributed by atoms with E-state index in [1.165, 1.54) is 0 Å². The fourth-order valence-corrected chi connectivity index (χ4v) is 1.98. The van der Waals surface area contributed by atoms with Gasteiger partial charge in [-0.05, 0) is 17.9 Å². The molecule has 1 aromatic carbocycles. The van der Waals surface area contributed by atoms with Crippen LogP contribution in [-0.2, 0) is 4.79 Å². The lowest BCUT2D eigenvalue weighted by Crippen LogP contribution is -2.39. The van der Waals surface area contributed by atoms with Gasteiger partial charge in [-0.2, -0.15) is 0 Å². The minimum Gasteiger partial charge on any atom is -0.352 e. The molecular weight excluding hydrogens is 234 g/mol. The van der Waals surface area contributed by atoms with Crippen molar-refractivity contribution in [1.82, 2.24) is 5.32 Å². The van der Waals surface area contributed by atoms with Gasteiger partial charge in [-0.1, -0.05) is 51.1 Å². The summed E-state index contributed by atoms with van der Waals surface area (Å²) >= 11 is 6.15. The smallest absolute Gasteiger partial charge is 0.242 e. The topological polar surface area (TPSA) is 29.1 Å². The van der Waals surface area contributed by atoms with E-state index in [0.29, 0.717) is 5.92 Å². The van der Waals surface area contributed by atoms with E-state index in [9.17, 15) is 4.79 Å². The Labute approximate surface area is 108 Å². The molecule has 2 unspecified atom stereocenters. The SMILES string of the molecule is CCC(NC(=O)C(Cl)c1ccccc1)C(C)C. The van der Waals surface area contributed by atoms with E-state index in [2.05, 4.69) is 26.1 Å². The van der Waals surface area contributed by atoms with Gasteiger partial charge < -0.3 is 5.32 Å². The highest BCUT2D eigenvalue weighted by molar-refractivity contribution is 6.30. The monoisotopic (exact) mass is 253 g/mol. The zero-order valence-electron chi connectivity index (χ0n) is 10.6. The summed E-state index contributed by atoms with van der Waals surface area (Å²) in [5, 5.41) is 2.39. The van der Waals surface area contributed by atoms with Crippen LogP contribution in [0.15, 0.2) is 30.3 Å². The third-order valence-electron chi connectivity index (χ3n) is 2.89. The van der Waals surface area contributed by atoms with Crippen molar-refractivity contribution in [1.29, 1.82) is 0 Å². The highest BCUT2D eigenvalue weighted by atomic mass is 35.5. The lowest BCUT2D eigenvalue weighted by molar-refractivity contribution is -0.121. The minimum absolute atomic E-state index is 0.113. The van der Waals surface area contributed by atoms with Crippen LogP contribution in [0.4, 0.5) is 0 Å². The van der Waals surface area contributed by atoms with Gasteiger partial charge in [0.05, 0.1) is 0 Å². The van der Waals surface area contributed by atoms with E-state index in [4.69, 9.17) is 11.6 Å². The Kier molecular flexibility index (Phi) is 5.49. The van der Waals surface area contributed by atoms with Gasteiger partial charge in [0.2, 0.25) is 5.91 Å². The number of hydrogen-bond donors (Lipinski definition) is 1. The van der Waals surface area contributed by atoms with Gasteiger partial charge in [0.15, 0.2) is 0 Å². The Bertz CT molecular complexity index is 350. The number of benzene rings is 1. The maximum absolute atomic E-state index is 12.0. The molecule has 0 bridgehead atoms. The van der Waals surface area contributed by atoms with Crippen LogP contribution in [0.2, 0.25) is 0 Å². The van der Waals surface area contributed by atoms with Crippen LogP contribution in [0.3, 0.4) is 0 Å². The van der Waals surface area contributed by atoms with Crippen LogP contribution < -0.4 is 5.32 Å². The molecule has 3 heteroatoms. The number of carbonyl (C=O) groups excluding carboxylic acids is 1. The van der Waals surface area contributed by atoms with E-state index in [-0.39, 0.29) is 11.9 Å². The van der Waals surface area contributed by atoms with Crippen LogP contribution >= 0.6 is 11.6 Å². The van der Waals surface area contributed by atoms with Crippen molar-refractivity contribution in [2.24, 2.45) is 5.92 Å². The number of hydrogen-bond acceptors (Lipinski definition) is 1. The standard InChI is InChI=1S/C14H20ClNO/c1-4-12(10(2)3)16-14(17)13(15)11-8-6-5-7-9-11/h5-10,12-13H,4H2,1-3H3,(H,16,17). The van der Waals surface area contributed by atoms with Crippen molar-refractivity contribution in [3.05, 3.63) is 35.9 Å². The molecule has 0 radical (unpaired) electrons. The maximum atomic E-state index is 12.0. The van der Waals surface area contributed by atoms with E-state index in [0.717, 1.165) is 12.0 Å². The highest BCUT2D eigenvalue weighted by Crippen LogP contribution is 2.20. The Morgan fingerprint density at radius 1 is 1.29 bits per heavy atom. The van der Waals surface area contributed by atoms with Crippen molar-refractivity contribution >= 4 is 17.5 Å². The predicted molar refractivity (Wildman–Crippen MR) is 72.1 cm³/mol. The van der Waals surface area contributed by atoms with Crippen LogP contribution in [0.5, 0.6) is 0 Å². The second-order valence-electron chi connectivity index (χ2n) is 4.54. The summed E-state index contributed by atoms with van der Waals surface area (Å²) in [6, 6.07) is 9.61. The van der Waals surface area contributed by atoms with Crippen molar-refractivity contribution in [2.45, 2.75) is 38.6 Å². The number of nitrogens with one attached hydrogen (secondary N) is 1. The van der Waals surface area contributed by atoms with Crippen LogP contribution in [-0.4, -0.2) is 11.9 Å². The van der Waals surface area contributed by atoms with Crippen molar-refractivity contribution in [3.63, 3.8) is 0 Å². The summed E-state index contributed by atoms with van der Waals surface area (Å²) in [6.45, 7) is 6.26. The lowest BCUT2D eigenvalue weighted by atomic mass is 10.0. The van der Waals surface area contributed by atoms with Gasteiger partial charge in [-0.25, -0.2) is 0 Å². The Balaban J connectivity index is 2.64. The number of amides is 1. The van der Waals surface area contributed by atoms with Gasteiger partial charge >= 0.3 is 0 Å². The average Bonchev–Trinajstić information content (AvgIpc) is 2.35. The van der Waals surface area contributed by atoms with Gasteiger partial charge in [0.25, 0.3) is 0 Å². The molecule has 1 N–H and O–H groups in total. The molecule has 0 spiro atoms. The first-order valence-electron chi connectivity index (χ1n) is 6.05. The molecule has 2 atom stereocenters. The molecule has 0 aliphatic rings. The van der Waals surface area contributed by atoms with E-state index >= 15 is 0 Å². The minimum atomic E-state index is -0.607. The quantitative estimate of drug-likeness (QED) is 0.800. The zero-order chi connectivity index (χ0) is 12.8. The summed E-state index contributed by atoms with van der Waals surface area (Å²) < 4.78 is 0. The zero-order valence-corrected chi connectivity index (χ0v) is 11.4. The number of carbonyl (C=O) groups is 1. The van der Waals surface area contributed by atoms with Crippen LogP contribution in [0.25, 0.3) is 0 Å². The first-order valence-corrected chi connectivity index (χ1v) is 6.49. The number of halogens is 1. The van der Waals surface area contributed by atoms with Gasteiger partial charge in [-0.15, -0.1) is 11.6 Å². The molecular formula is C14H20ClNO. The van der Waals surface area contributed by atoms with Crippen LogP contribution in [0, 0.1) is 5.92 Å². The lowest BCUT2D eigenvalue weighted by Gasteiger charge is -2.22. The molecule has 0 saturated carbocycles. The summed E-state index contributed by atoms with van der Waals surface area (Å²) in [6.07, 6.45) is 0.918. The van der Waals surface area contributed by atoms with E-state index in [1.807, 2.05) is 30.3 Å². The molecule has 17 heavy (non-hydrogen) atoms. The van der Waals surface area contributed by atoms with Gasteiger partial charge in [0, 0.05) is 6.04 Å². The van der Waals surface area contributed by atoms with Crippen molar-refractivity contribution in [3.8, 4) is 0 Å². The fraction of sp³-hybridized carbons (Fsp3) is 0.500. The van der Waals surface area contributed by atoms with Crippen molar-refractivity contribution in [2.75, 3.05) is 0 Å². The molecule has 0 saturated heterocycles. The Morgan fingerprint density at radius 2 is 1.88 bits per heavy atom. The highest BCUT2D eigenvalue weighted by Gasteiger charge is 2.21. The molecule has 0 aromatic heterocycles. The second kappa shape index (κ2) is 6.65. The summed E-state index contributed by atoms with van der Waals surface area (Å²) in [5.74, 6) is 0.307. The normalized spacial score (nSPS) is 14.4. The third-order valence-corrected chi connectivity index (χ3v) is 3.34. The largest absolute Gasteiger partial charge is 0.352 e.